The summed E-state index contributed by atoms with van der Waals surface area (Å²) in [7, 11) is 3.49. The molecule has 3 aromatic rings. The van der Waals surface area contributed by atoms with E-state index in [4.69, 9.17) is 4.74 Å². The highest BCUT2D eigenvalue weighted by atomic mass is 19.3. The Morgan fingerprint density at radius 2 is 2.00 bits per heavy atom. The van der Waals surface area contributed by atoms with Crippen molar-refractivity contribution in [1.29, 1.82) is 0 Å². The zero-order valence-electron chi connectivity index (χ0n) is 23.9. The van der Waals surface area contributed by atoms with Crippen LogP contribution in [0.4, 0.5) is 18.9 Å². The lowest BCUT2D eigenvalue weighted by atomic mass is 9.91. The number of piperazine rings is 1. The maximum absolute atomic E-state index is 14.4. The molecule has 1 aliphatic carbocycles. The minimum absolute atomic E-state index is 0.0404. The summed E-state index contributed by atoms with van der Waals surface area (Å²) in [5.41, 5.74) is 1.66. The number of methoxy groups -OCH3 is 1. The lowest BCUT2D eigenvalue weighted by molar-refractivity contribution is -0.0650. The van der Waals surface area contributed by atoms with Gasteiger partial charge in [-0.25, -0.2) is 18.2 Å². The summed E-state index contributed by atoms with van der Waals surface area (Å²) in [5.74, 6) is -2.51. The molecule has 11 heteroatoms. The van der Waals surface area contributed by atoms with Gasteiger partial charge in [0.25, 0.3) is 5.56 Å². The Hall–Kier alpha value is -3.15. The van der Waals surface area contributed by atoms with Gasteiger partial charge in [-0.15, -0.1) is 0 Å². The van der Waals surface area contributed by atoms with Crippen molar-refractivity contribution in [3.63, 3.8) is 0 Å². The number of halogens is 3. The predicted octanol–water partition coefficient (Wildman–Crippen LogP) is 4.29. The number of aryl methyl sites for hydroxylation is 2. The minimum Gasteiger partial charge on any atom is -0.497 e. The first-order valence-electron chi connectivity index (χ1n) is 14.3. The lowest BCUT2D eigenvalue weighted by Gasteiger charge is -2.46. The SMILES string of the molecule is COc1ccc(CCn2cnc3cc(NC(N4CCN[C@@H](C)C4)N(C)C4CCC(F)(F)CC4)ccc3c2=O)c(F)c1. The molecule has 41 heavy (non-hydrogen) atoms. The molecule has 5 rings (SSSR count). The molecule has 2 heterocycles. The number of alkyl halides is 2. The highest BCUT2D eigenvalue weighted by molar-refractivity contribution is 5.81. The van der Waals surface area contributed by atoms with Crippen molar-refractivity contribution in [2.45, 2.75) is 69.9 Å². The van der Waals surface area contributed by atoms with Crippen LogP contribution in [-0.4, -0.2) is 77.4 Å². The fraction of sp³-hybridized carbons (Fsp3) is 0.533. The van der Waals surface area contributed by atoms with Crippen molar-refractivity contribution >= 4 is 16.6 Å². The number of nitrogens with zero attached hydrogens (tertiary/aromatic N) is 4. The molecule has 1 aliphatic heterocycles. The maximum atomic E-state index is 14.4. The van der Waals surface area contributed by atoms with Gasteiger partial charge >= 0.3 is 0 Å². The number of rotatable bonds is 9. The molecule has 2 N–H and O–H groups in total. The van der Waals surface area contributed by atoms with E-state index in [9.17, 15) is 18.0 Å². The van der Waals surface area contributed by atoms with Gasteiger partial charge < -0.3 is 15.4 Å². The molecule has 2 fully saturated rings. The van der Waals surface area contributed by atoms with Crippen LogP contribution >= 0.6 is 0 Å². The highest BCUT2D eigenvalue weighted by Crippen LogP contribution is 2.35. The maximum Gasteiger partial charge on any atom is 0.261 e. The zero-order chi connectivity index (χ0) is 29.1. The number of ether oxygens (including phenoxy) is 1. The molecule has 2 atom stereocenters. The second-order valence-electron chi connectivity index (χ2n) is 11.3. The monoisotopic (exact) mass is 572 g/mol. The number of hydrogen-bond acceptors (Lipinski definition) is 7. The second-order valence-corrected chi connectivity index (χ2v) is 11.3. The second kappa shape index (κ2) is 12.4. The van der Waals surface area contributed by atoms with Crippen LogP contribution in [0.25, 0.3) is 10.9 Å². The molecule has 2 aromatic carbocycles. The van der Waals surface area contributed by atoms with E-state index in [1.807, 2.05) is 19.2 Å². The van der Waals surface area contributed by atoms with E-state index in [1.54, 1.807) is 18.2 Å². The number of anilines is 1. The molecule has 1 unspecified atom stereocenters. The fourth-order valence-electron chi connectivity index (χ4n) is 5.92. The van der Waals surface area contributed by atoms with Gasteiger partial charge in [-0.3, -0.25) is 19.2 Å². The number of nitrogens with one attached hydrogen (secondary N) is 2. The summed E-state index contributed by atoms with van der Waals surface area (Å²) in [6.45, 7) is 4.91. The molecule has 0 radical (unpaired) electrons. The first-order chi connectivity index (χ1) is 19.6. The van der Waals surface area contributed by atoms with Crippen LogP contribution in [0.2, 0.25) is 0 Å². The van der Waals surface area contributed by atoms with Gasteiger partial charge in [0.2, 0.25) is 5.92 Å². The van der Waals surface area contributed by atoms with Gasteiger partial charge in [0.1, 0.15) is 17.9 Å². The Balaban J connectivity index is 1.33. The minimum atomic E-state index is -2.58. The smallest absolute Gasteiger partial charge is 0.261 e. The Morgan fingerprint density at radius 3 is 2.71 bits per heavy atom. The summed E-state index contributed by atoms with van der Waals surface area (Å²) < 4.78 is 48.7. The Morgan fingerprint density at radius 1 is 1.22 bits per heavy atom. The normalized spacial score (nSPS) is 20.8. The molecule has 222 valence electrons. The van der Waals surface area contributed by atoms with Gasteiger partial charge in [-0.1, -0.05) is 6.07 Å². The number of aromatic nitrogens is 2. The van der Waals surface area contributed by atoms with E-state index < -0.39 is 5.92 Å². The largest absolute Gasteiger partial charge is 0.497 e. The summed E-state index contributed by atoms with van der Waals surface area (Å²) in [4.78, 5) is 22.3. The lowest BCUT2D eigenvalue weighted by Crippen LogP contribution is -2.61. The topological polar surface area (TPSA) is 74.7 Å². The standard InChI is InChI=1S/C30H39F3N6O2/c1-20-18-38(15-13-34-20)29(37(2)23-8-11-30(32,33)12-9-23)36-22-5-7-25-27(16-22)35-19-39(28(25)40)14-10-21-4-6-24(41-3)17-26(21)31/h4-7,16-17,19-20,23,29,34,36H,8-15,18H2,1-3H3/t20-,29?/m0/s1. The Bertz CT molecular complexity index is 1410. The van der Waals surface area contributed by atoms with Crippen LogP contribution in [0.3, 0.4) is 0 Å². The van der Waals surface area contributed by atoms with E-state index in [0.29, 0.717) is 54.1 Å². The van der Waals surface area contributed by atoms with Crippen molar-refractivity contribution in [2.24, 2.45) is 0 Å². The summed E-state index contributed by atoms with van der Waals surface area (Å²) in [5, 5.41) is 7.55. The number of benzene rings is 2. The van der Waals surface area contributed by atoms with E-state index in [2.05, 4.69) is 32.3 Å². The summed E-state index contributed by atoms with van der Waals surface area (Å²) in [6, 6.07) is 10.5. The van der Waals surface area contributed by atoms with Gasteiger partial charge in [0.15, 0.2) is 0 Å². The third-order valence-electron chi connectivity index (χ3n) is 8.40. The predicted molar refractivity (Wildman–Crippen MR) is 154 cm³/mol. The molecule has 8 nitrogen and oxygen atoms in total. The fourth-order valence-corrected chi connectivity index (χ4v) is 5.92. The van der Waals surface area contributed by atoms with E-state index in [0.717, 1.165) is 25.3 Å². The van der Waals surface area contributed by atoms with Crippen LogP contribution in [0.5, 0.6) is 5.75 Å². The van der Waals surface area contributed by atoms with Gasteiger partial charge in [0, 0.05) is 62.9 Å². The van der Waals surface area contributed by atoms with Crippen LogP contribution in [0.1, 0.15) is 38.2 Å². The molecule has 1 saturated heterocycles. The average Bonchev–Trinajstić information content (AvgIpc) is 2.95. The molecule has 2 aliphatic rings. The van der Waals surface area contributed by atoms with E-state index in [-0.39, 0.29) is 36.5 Å². The summed E-state index contributed by atoms with van der Waals surface area (Å²) >= 11 is 0. The number of fused-ring (bicyclic) bond motifs is 1. The molecule has 0 spiro atoms. The number of hydrogen-bond donors (Lipinski definition) is 2. The van der Waals surface area contributed by atoms with Crippen molar-refractivity contribution in [1.82, 2.24) is 24.7 Å². The van der Waals surface area contributed by atoms with Crippen molar-refractivity contribution in [3.05, 3.63) is 64.5 Å². The zero-order valence-corrected chi connectivity index (χ0v) is 23.9. The molecule has 0 amide bonds. The molecule has 1 saturated carbocycles. The van der Waals surface area contributed by atoms with Crippen LogP contribution in [0, 0.1) is 5.82 Å². The molecule has 0 bridgehead atoms. The first-order valence-corrected chi connectivity index (χ1v) is 14.3. The van der Waals surface area contributed by atoms with Crippen LogP contribution in [0.15, 0.2) is 47.5 Å². The third-order valence-corrected chi connectivity index (χ3v) is 8.40. The van der Waals surface area contributed by atoms with E-state index >= 15 is 0 Å². The highest BCUT2D eigenvalue weighted by Gasteiger charge is 2.39. The molecular weight excluding hydrogens is 533 g/mol. The quantitative estimate of drug-likeness (QED) is 0.371. The van der Waals surface area contributed by atoms with Crippen molar-refractivity contribution in [2.75, 3.05) is 39.1 Å². The molecular formula is C30H39F3N6O2. The third kappa shape index (κ3) is 6.85. The van der Waals surface area contributed by atoms with Crippen LogP contribution in [-0.2, 0) is 13.0 Å². The van der Waals surface area contributed by atoms with E-state index in [1.165, 1.54) is 24.1 Å². The molecule has 1 aromatic heterocycles. The Kier molecular flexibility index (Phi) is 8.86. The van der Waals surface area contributed by atoms with Crippen LogP contribution < -0.4 is 20.9 Å². The Labute approximate surface area is 238 Å². The average molecular weight is 573 g/mol. The van der Waals surface area contributed by atoms with Gasteiger partial charge in [-0.05, 0) is 63.1 Å². The van der Waals surface area contributed by atoms with Gasteiger partial charge in [-0.2, -0.15) is 0 Å². The van der Waals surface area contributed by atoms with Crippen molar-refractivity contribution < 1.29 is 17.9 Å². The van der Waals surface area contributed by atoms with Gasteiger partial charge in [0.05, 0.1) is 24.3 Å². The van der Waals surface area contributed by atoms with Crippen molar-refractivity contribution in [3.8, 4) is 5.75 Å². The first kappa shape index (κ1) is 29.3. The summed E-state index contributed by atoms with van der Waals surface area (Å²) in [6.07, 6.45) is 2.35.